The van der Waals surface area contributed by atoms with E-state index in [1.165, 1.54) is 0 Å². The minimum absolute atomic E-state index is 0.0879. The van der Waals surface area contributed by atoms with Crippen molar-refractivity contribution in [2.24, 2.45) is 17.3 Å². The van der Waals surface area contributed by atoms with Gasteiger partial charge in [0.2, 0.25) is 0 Å². The Bertz CT molecular complexity index is 690. The minimum Gasteiger partial charge on any atom is -0.481 e. The molecule has 1 saturated carbocycles. The maximum absolute atomic E-state index is 14.0. The van der Waals surface area contributed by atoms with Gasteiger partial charge in [-0.3, -0.25) is 9.59 Å². The standard InChI is InChI=1S/C26H40O3/c1-6-8-12-21(7-2)17-22(25(28)29)26(13-10-9-11-14-26)24(27)23-19(4)15-18(3)16-20(23)5/h15-16,21-22H,6-14,17H2,1-5H3,(H,28,29). The molecule has 0 heterocycles. The van der Waals surface area contributed by atoms with E-state index in [4.69, 9.17) is 0 Å². The van der Waals surface area contributed by atoms with Crippen LogP contribution in [-0.4, -0.2) is 16.9 Å². The predicted octanol–water partition coefficient (Wildman–Crippen LogP) is 7.05. The van der Waals surface area contributed by atoms with Crippen LogP contribution >= 0.6 is 0 Å². The maximum atomic E-state index is 14.0. The van der Waals surface area contributed by atoms with E-state index in [0.717, 1.165) is 67.2 Å². The summed E-state index contributed by atoms with van der Waals surface area (Å²) >= 11 is 0. The van der Waals surface area contributed by atoms with Crippen molar-refractivity contribution in [2.45, 2.75) is 98.8 Å². The van der Waals surface area contributed by atoms with Crippen LogP contribution in [0.5, 0.6) is 0 Å². The first-order chi connectivity index (χ1) is 13.8. The Kier molecular flexibility index (Phi) is 8.48. The van der Waals surface area contributed by atoms with E-state index in [9.17, 15) is 14.7 Å². The van der Waals surface area contributed by atoms with Crippen molar-refractivity contribution in [2.75, 3.05) is 0 Å². The molecule has 0 bridgehead atoms. The lowest BCUT2D eigenvalue weighted by atomic mass is 9.59. The van der Waals surface area contributed by atoms with Crippen LogP contribution in [0.1, 0.15) is 105 Å². The van der Waals surface area contributed by atoms with Gasteiger partial charge in [0.1, 0.15) is 0 Å². The largest absolute Gasteiger partial charge is 0.481 e. The Balaban J connectivity index is 2.48. The number of unbranched alkanes of at least 4 members (excludes halogenated alkanes) is 1. The van der Waals surface area contributed by atoms with E-state index in [1.807, 2.05) is 20.8 Å². The van der Waals surface area contributed by atoms with E-state index in [2.05, 4.69) is 26.0 Å². The minimum atomic E-state index is -0.780. The first kappa shape index (κ1) is 23.6. The third kappa shape index (κ3) is 5.29. The van der Waals surface area contributed by atoms with Crippen molar-refractivity contribution in [3.63, 3.8) is 0 Å². The first-order valence-electron chi connectivity index (χ1n) is 11.6. The summed E-state index contributed by atoms with van der Waals surface area (Å²) in [6.07, 6.45) is 9.33. The summed E-state index contributed by atoms with van der Waals surface area (Å²) in [5.41, 5.74) is 3.13. The van der Waals surface area contributed by atoms with Crippen molar-refractivity contribution >= 4 is 11.8 Å². The highest BCUT2D eigenvalue weighted by Gasteiger charge is 2.50. The molecule has 1 N–H and O–H groups in total. The molecule has 0 aliphatic heterocycles. The van der Waals surface area contributed by atoms with Crippen LogP contribution in [0, 0.1) is 38.0 Å². The van der Waals surface area contributed by atoms with Gasteiger partial charge in [-0.1, -0.05) is 76.5 Å². The summed E-state index contributed by atoms with van der Waals surface area (Å²) in [6.45, 7) is 10.4. The number of ketones is 1. The fourth-order valence-electron chi connectivity index (χ4n) is 5.58. The lowest BCUT2D eigenvalue weighted by Crippen LogP contribution is -2.45. The number of carbonyl (C=O) groups is 2. The number of hydrogen-bond donors (Lipinski definition) is 1. The second-order valence-electron chi connectivity index (χ2n) is 9.36. The maximum Gasteiger partial charge on any atom is 0.307 e. The summed E-state index contributed by atoms with van der Waals surface area (Å²) in [4.78, 5) is 26.6. The van der Waals surface area contributed by atoms with Gasteiger partial charge in [0.05, 0.1) is 5.92 Å². The Morgan fingerprint density at radius 3 is 2.10 bits per heavy atom. The zero-order valence-electron chi connectivity index (χ0n) is 19.1. The average molecular weight is 401 g/mol. The van der Waals surface area contributed by atoms with Crippen LogP contribution in [0.4, 0.5) is 0 Å². The van der Waals surface area contributed by atoms with Gasteiger partial charge in [0, 0.05) is 11.0 Å². The number of rotatable bonds is 10. The molecule has 3 heteroatoms. The van der Waals surface area contributed by atoms with E-state index in [0.29, 0.717) is 25.2 Å². The molecule has 1 aliphatic rings. The van der Waals surface area contributed by atoms with Crippen LogP contribution < -0.4 is 0 Å². The van der Waals surface area contributed by atoms with Gasteiger partial charge in [-0.25, -0.2) is 0 Å². The molecule has 0 aromatic heterocycles. The summed E-state index contributed by atoms with van der Waals surface area (Å²) in [7, 11) is 0. The fraction of sp³-hybridized carbons (Fsp3) is 0.692. The molecule has 2 rings (SSSR count). The Hall–Kier alpha value is -1.64. The highest BCUT2D eigenvalue weighted by atomic mass is 16.4. The molecule has 1 fully saturated rings. The zero-order chi connectivity index (χ0) is 21.6. The van der Waals surface area contributed by atoms with Crippen molar-refractivity contribution in [3.8, 4) is 0 Å². The third-order valence-corrected chi connectivity index (χ3v) is 7.18. The van der Waals surface area contributed by atoms with Crippen LogP contribution in [0.25, 0.3) is 0 Å². The number of aliphatic carboxylic acids is 1. The second-order valence-corrected chi connectivity index (χ2v) is 9.36. The lowest BCUT2D eigenvalue weighted by Gasteiger charge is -2.42. The quantitative estimate of drug-likeness (QED) is 0.428. The molecule has 1 aromatic rings. The van der Waals surface area contributed by atoms with Crippen molar-refractivity contribution in [1.82, 2.24) is 0 Å². The van der Waals surface area contributed by atoms with Gasteiger partial charge in [-0.15, -0.1) is 0 Å². The summed E-state index contributed by atoms with van der Waals surface area (Å²) in [6, 6.07) is 4.12. The molecule has 1 aromatic carbocycles. The number of carbonyl (C=O) groups excluding carboxylic acids is 1. The smallest absolute Gasteiger partial charge is 0.307 e. The van der Waals surface area contributed by atoms with Gasteiger partial charge in [0.25, 0.3) is 0 Å². The number of carboxylic acids is 1. The molecule has 0 saturated heterocycles. The molecule has 0 spiro atoms. The molecule has 29 heavy (non-hydrogen) atoms. The SMILES string of the molecule is CCCCC(CC)CC(C(=O)O)C1(C(=O)c2c(C)cc(C)cc2C)CCCCC1. The fourth-order valence-corrected chi connectivity index (χ4v) is 5.58. The number of aryl methyl sites for hydroxylation is 3. The molecular formula is C26H40O3. The van der Waals surface area contributed by atoms with E-state index >= 15 is 0 Å². The normalized spacial score (nSPS) is 18.2. The van der Waals surface area contributed by atoms with Crippen molar-refractivity contribution in [1.29, 1.82) is 0 Å². The Morgan fingerprint density at radius 1 is 1.03 bits per heavy atom. The first-order valence-corrected chi connectivity index (χ1v) is 11.6. The molecule has 2 unspecified atom stereocenters. The second kappa shape index (κ2) is 10.4. The molecule has 2 atom stereocenters. The summed E-state index contributed by atoms with van der Waals surface area (Å²) < 4.78 is 0. The summed E-state index contributed by atoms with van der Waals surface area (Å²) in [5, 5.41) is 10.3. The molecule has 0 radical (unpaired) electrons. The van der Waals surface area contributed by atoms with Gasteiger partial charge in [-0.05, 0) is 57.1 Å². The van der Waals surface area contributed by atoms with Crippen LogP contribution in [0.2, 0.25) is 0 Å². The molecule has 0 amide bonds. The highest BCUT2D eigenvalue weighted by Crippen LogP contribution is 2.49. The third-order valence-electron chi connectivity index (χ3n) is 7.18. The molecule has 1 aliphatic carbocycles. The number of Topliss-reactive ketones (excluding diaryl/α,β-unsaturated/α-hetero) is 1. The van der Waals surface area contributed by atoms with Gasteiger partial charge in [0.15, 0.2) is 5.78 Å². The van der Waals surface area contributed by atoms with Crippen LogP contribution in [-0.2, 0) is 4.79 Å². The lowest BCUT2D eigenvalue weighted by molar-refractivity contribution is -0.147. The number of carboxylic acid groups (broad SMARTS) is 1. The van der Waals surface area contributed by atoms with Gasteiger partial charge >= 0.3 is 5.97 Å². The highest BCUT2D eigenvalue weighted by molar-refractivity contribution is 6.05. The van der Waals surface area contributed by atoms with Crippen LogP contribution in [0.3, 0.4) is 0 Å². The van der Waals surface area contributed by atoms with E-state index < -0.39 is 17.3 Å². The predicted molar refractivity (Wildman–Crippen MR) is 120 cm³/mol. The molecular weight excluding hydrogens is 360 g/mol. The molecule has 162 valence electrons. The van der Waals surface area contributed by atoms with Crippen molar-refractivity contribution < 1.29 is 14.7 Å². The Morgan fingerprint density at radius 2 is 1.62 bits per heavy atom. The van der Waals surface area contributed by atoms with Crippen molar-refractivity contribution in [3.05, 3.63) is 34.4 Å². The monoisotopic (exact) mass is 400 g/mol. The zero-order valence-corrected chi connectivity index (χ0v) is 19.1. The van der Waals surface area contributed by atoms with Crippen LogP contribution in [0.15, 0.2) is 12.1 Å². The number of hydrogen-bond acceptors (Lipinski definition) is 2. The Labute approximate surface area is 177 Å². The summed E-state index contributed by atoms with van der Waals surface area (Å²) in [5.74, 6) is -0.900. The van der Waals surface area contributed by atoms with E-state index in [1.54, 1.807) is 0 Å². The topological polar surface area (TPSA) is 54.4 Å². The molecule has 3 nitrogen and oxygen atoms in total. The van der Waals surface area contributed by atoms with E-state index in [-0.39, 0.29) is 5.78 Å². The average Bonchev–Trinajstić information content (AvgIpc) is 2.67. The van der Waals surface area contributed by atoms with Gasteiger partial charge in [-0.2, -0.15) is 0 Å². The number of benzene rings is 1. The van der Waals surface area contributed by atoms with Gasteiger partial charge < -0.3 is 5.11 Å².